The van der Waals surface area contributed by atoms with Gasteiger partial charge in [-0.2, -0.15) is 0 Å². The highest BCUT2D eigenvalue weighted by molar-refractivity contribution is 5.70. The maximum atomic E-state index is 13.6. The Bertz CT molecular complexity index is 847. The molecule has 1 saturated heterocycles. The van der Waals surface area contributed by atoms with E-state index in [4.69, 9.17) is 14.2 Å². The Morgan fingerprint density at radius 3 is 2.14 bits per heavy atom. The van der Waals surface area contributed by atoms with Gasteiger partial charge in [0, 0.05) is 5.56 Å². The number of rotatable bonds is 7. The molecule has 1 fully saturated rings. The number of carboxylic acids is 1. The van der Waals surface area contributed by atoms with E-state index in [1.165, 1.54) is 12.1 Å². The number of benzene rings is 2. The van der Waals surface area contributed by atoms with Crippen molar-refractivity contribution in [2.75, 3.05) is 34.4 Å². The zero-order valence-electron chi connectivity index (χ0n) is 16.9. The van der Waals surface area contributed by atoms with E-state index in [2.05, 4.69) is 4.90 Å². The smallest absolute Gasteiger partial charge is 0.306 e. The van der Waals surface area contributed by atoms with Crippen LogP contribution in [-0.2, 0) is 4.79 Å². The molecule has 2 aromatic rings. The molecule has 0 spiro atoms. The van der Waals surface area contributed by atoms with Gasteiger partial charge in [0.1, 0.15) is 5.82 Å². The molecule has 0 bridgehead atoms. The highest BCUT2D eigenvalue weighted by atomic mass is 19.1. The van der Waals surface area contributed by atoms with Crippen LogP contribution in [0.4, 0.5) is 4.39 Å². The fourth-order valence-corrected chi connectivity index (χ4v) is 3.98. The first kappa shape index (κ1) is 20.9. The summed E-state index contributed by atoms with van der Waals surface area (Å²) in [6, 6.07) is 9.85. The van der Waals surface area contributed by atoms with Crippen LogP contribution in [0.15, 0.2) is 36.4 Å². The van der Waals surface area contributed by atoms with Gasteiger partial charge >= 0.3 is 5.97 Å². The van der Waals surface area contributed by atoms with Crippen LogP contribution in [0.3, 0.4) is 0 Å². The maximum absolute atomic E-state index is 13.6. The fraction of sp³-hybridized carbons (Fsp3) is 0.409. The monoisotopic (exact) mass is 403 g/mol. The summed E-state index contributed by atoms with van der Waals surface area (Å²) in [5.41, 5.74) is 1.75. The van der Waals surface area contributed by atoms with Crippen LogP contribution in [0.25, 0.3) is 0 Å². The second-order valence-electron chi connectivity index (χ2n) is 7.03. The minimum atomic E-state index is -0.758. The Morgan fingerprint density at radius 2 is 1.62 bits per heavy atom. The average molecular weight is 403 g/mol. The summed E-state index contributed by atoms with van der Waals surface area (Å²) in [4.78, 5) is 13.6. The van der Waals surface area contributed by atoms with Crippen LogP contribution in [-0.4, -0.2) is 50.4 Å². The van der Waals surface area contributed by atoms with Crippen molar-refractivity contribution in [2.24, 2.45) is 5.92 Å². The van der Waals surface area contributed by atoms with Crippen molar-refractivity contribution in [3.05, 3.63) is 53.3 Å². The van der Waals surface area contributed by atoms with Crippen LogP contribution in [0, 0.1) is 11.7 Å². The van der Waals surface area contributed by atoms with E-state index in [0.717, 1.165) is 11.1 Å². The molecule has 0 radical (unpaired) electrons. The molecule has 1 unspecified atom stereocenters. The number of nitrogens with zero attached hydrogens (tertiary/aromatic N) is 1. The normalized spacial score (nSPS) is 16.3. The highest BCUT2D eigenvalue weighted by Crippen LogP contribution is 2.45. The van der Waals surface area contributed by atoms with Crippen LogP contribution >= 0.6 is 0 Å². The van der Waals surface area contributed by atoms with E-state index in [1.54, 1.807) is 33.5 Å². The summed E-state index contributed by atoms with van der Waals surface area (Å²) >= 11 is 0. The van der Waals surface area contributed by atoms with Crippen LogP contribution in [0.1, 0.15) is 30.0 Å². The molecule has 156 valence electrons. The standard InChI is InChI=1S/C22H26FNO5/c1-27-18-9-8-17(20(28-2)21(18)29-3)19(14-4-6-16(23)7-5-14)24-12-10-15(11-13-24)22(25)26/h4-9,15,19H,10-13H2,1-3H3,(H,25,26). The Morgan fingerprint density at radius 1 is 1.00 bits per heavy atom. The average Bonchev–Trinajstić information content (AvgIpc) is 2.75. The van der Waals surface area contributed by atoms with Crippen LogP contribution in [0.2, 0.25) is 0 Å². The molecular formula is C22H26FNO5. The summed E-state index contributed by atoms with van der Waals surface area (Å²) in [5, 5.41) is 9.33. The van der Waals surface area contributed by atoms with Crippen molar-refractivity contribution in [1.82, 2.24) is 4.90 Å². The van der Waals surface area contributed by atoms with Crippen LogP contribution in [0.5, 0.6) is 17.2 Å². The molecule has 0 aromatic heterocycles. The van der Waals surface area contributed by atoms with E-state index < -0.39 is 5.97 Å². The van der Waals surface area contributed by atoms with Gasteiger partial charge in [-0.3, -0.25) is 9.69 Å². The number of hydrogen-bond acceptors (Lipinski definition) is 5. The van der Waals surface area contributed by atoms with Gasteiger partial charge in [0.05, 0.1) is 33.3 Å². The minimum absolute atomic E-state index is 0.236. The van der Waals surface area contributed by atoms with E-state index in [9.17, 15) is 14.3 Å². The molecule has 7 heteroatoms. The molecule has 0 aliphatic carbocycles. The lowest BCUT2D eigenvalue weighted by Gasteiger charge is -2.37. The first-order valence-corrected chi connectivity index (χ1v) is 9.51. The predicted molar refractivity (Wildman–Crippen MR) is 106 cm³/mol. The third kappa shape index (κ3) is 4.29. The van der Waals surface area contributed by atoms with Gasteiger partial charge in [0.25, 0.3) is 0 Å². The Labute approximate surface area is 169 Å². The topological polar surface area (TPSA) is 68.2 Å². The van der Waals surface area contributed by atoms with Crippen molar-refractivity contribution in [2.45, 2.75) is 18.9 Å². The second kappa shape index (κ2) is 9.13. The Balaban J connectivity index is 2.07. The molecule has 6 nitrogen and oxygen atoms in total. The van der Waals surface area contributed by atoms with E-state index in [0.29, 0.717) is 43.2 Å². The number of ether oxygens (including phenoxy) is 3. The van der Waals surface area contributed by atoms with Crippen molar-refractivity contribution in [1.29, 1.82) is 0 Å². The number of hydrogen-bond donors (Lipinski definition) is 1. The molecule has 3 rings (SSSR count). The number of carboxylic acid groups (broad SMARTS) is 1. The Kier molecular flexibility index (Phi) is 6.59. The zero-order chi connectivity index (χ0) is 21.0. The van der Waals surface area contributed by atoms with Crippen LogP contribution < -0.4 is 14.2 Å². The number of carbonyl (C=O) groups is 1. The quantitative estimate of drug-likeness (QED) is 0.760. The molecule has 29 heavy (non-hydrogen) atoms. The third-order valence-corrected chi connectivity index (χ3v) is 5.46. The van der Waals surface area contributed by atoms with Gasteiger partial charge in [-0.1, -0.05) is 12.1 Å². The van der Waals surface area contributed by atoms with Gasteiger partial charge in [-0.15, -0.1) is 0 Å². The molecular weight excluding hydrogens is 377 g/mol. The Hall–Kier alpha value is -2.80. The lowest BCUT2D eigenvalue weighted by molar-refractivity contribution is -0.143. The third-order valence-electron chi connectivity index (χ3n) is 5.46. The summed E-state index contributed by atoms with van der Waals surface area (Å²) in [6.45, 7) is 1.22. The van der Waals surface area contributed by atoms with E-state index >= 15 is 0 Å². The lowest BCUT2D eigenvalue weighted by atomic mass is 9.90. The highest BCUT2D eigenvalue weighted by Gasteiger charge is 2.33. The molecule has 0 saturated carbocycles. The van der Waals surface area contributed by atoms with Gasteiger partial charge in [0.15, 0.2) is 11.5 Å². The van der Waals surface area contributed by atoms with Gasteiger partial charge in [-0.25, -0.2) is 4.39 Å². The van der Waals surface area contributed by atoms with Crippen molar-refractivity contribution in [3.63, 3.8) is 0 Å². The number of aliphatic carboxylic acids is 1. The summed E-state index contributed by atoms with van der Waals surface area (Å²) in [6.07, 6.45) is 1.12. The first-order chi connectivity index (χ1) is 14.0. The molecule has 1 atom stereocenters. The van der Waals surface area contributed by atoms with E-state index in [-0.39, 0.29) is 17.8 Å². The van der Waals surface area contributed by atoms with Crippen molar-refractivity contribution >= 4 is 5.97 Å². The predicted octanol–water partition coefficient (Wildman–Crippen LogP) is 3.74. The molecule has 1 heterocycles. The number of likely N-dealkylation sites (tertiary alicyclic amines) is 1. The molecule has 1 aliphatic heterocycles. The number of piperidine rings is 1. The first-order valence-electron chi connectivity index (χ1n) is 9.51. The van der Waals surface area contributed by atoms with Crippen molar-refractivity contribution in [3.8, 4) is 17.2 Å². The minimum Gasteiger partial charge on any atom is -0.493 e. The fourth-order valence-electron chi connectivity index (χ4n) is 3.98. The maximum Gasteiger partial charge on any atom is 0.306 e. The van der Waals surface area contributed by atoms with E-state index in [1.807, 2.05) is 12.1 Å². The number of halogens is 1. The van der Waals surface area contributed by atoms with Crippen molar-refractivity contribution < 1.29 is 28.5 Å². The number of methoxy groups -OCH3 is 3. The molecule has 0 amide bonds. The molecule has 1 N–H and O–H groups in total. The molecule has 2 aromatic carbocycles. The molecule has 1 aliphatic rings. The van der Waals surface area contributed by atoms with Gasteiger partial charge < -0.3 is 19.3 Å². The zero-order valence-corrected chi connectivity index (χ0v) is 16.9. The van der Waals surface area contributed by atoms with Gasteiger partial charge in [-0.05, 0) is 55.8 Å². The lowest BCUT2D eigenvalue weighted by Crippen LogP contribution is -2.39. The largest absolute Gasteiger partial charge is 0.493 e. The summed E-state index contributed by atoms with van der Waals surface area (Å²) < 4.78 is 30.2. The summed E-state index contributed by atoms with van der Waals surface area (Å²) in [5.74, 6) is 0.174. The van der Waals surface area contributed by atoms with Gasteiger partial charge in [0.2, 0.25) is 5.75 Å². The second-order valence-corrected chi connectivity index (χ2v) is 7.03. The SMILES string of the molecule is COc1ccc(C(c2ccc(F)cc2)N2CCC(C(=O)O)CC2)c(OC)c1OC. The summed E-state index contributed by atoms with van der Waals surface area (Å²) in [7, 11) is 4.68.